The maximum Gasteiger partial charge on any atom is 0.405 e. The molecular formula is C21H16Cl3F3N2O5. The lowest BCUT2D eigenvalue weighted by molar-refractivity contribution is -0.501. The normalized spacial score (nSPS) is 17.1. The van der Waals surface area contributed by atoms with E-state index in [1.165, 1.54) is 18.2 Å². The van der Waals surface area contributed by atoms with E-state index in [-0.39, 0.29) is 20.6 Å². The first-order valence-corrected chi connectivity index (χ1v) is 10.9. The second-order valence-corrected chi connectivity index (χ2v) is 9.07. The molecule has 34 heavy (non-hydrogen) atoms. The summed E-state index contributed by atoms with van der Waals surface area (Å²) in [7, 11) is 0. The van der Waals surface area contributed by atoms with Gasteiger partial charge in [0.2, 0.25) is 6.54 Å². The summed E-state index contributed by atoms with van der Waals surface area (Å²) in [5.41, 5.74) is -2.75. The van der Waals surface area contributed by atoms with Crippen molar-refractivity contribution in [2.24, 2.45) is 0 Å². The third-order valence-corrected chi connectivity index (χ3v) is 6.98. The number of carbonyl (C=O) groups is 2. The first-order chi connectivity index (χ1) is 15.7. The summed E-state index contributed by atoms with van der Waals surface area (Å²) < 4.78 is 43.2. The van der Waals surface area contributed by atoms with Crippen LogP contribution < -0.4 is 5.32 Å². The molecule has 0 saturated carbocycles. The van der Waals surface area contributed by atoms with E-state index in [9.17, 15) is 32.9 Å². The van der Waals surface area contributed by atoms with Gasteiger partial charge in [0, 0.05) is 16.9 Å². The van der Waals surface area contributed by atoms with Gasteiger partial charge in [-0.25, -0.2) is 4.79 Å². The molecule has 0 spiro atoms. The lowest BCUT2D eigenvalue weighted by Gasteiger charge is -2.32. The zero-order chi connectivity index (χ0) is 25.4. The number of ketones is 1. The molecule has 0 aliphatic heterocycles. The molecule has 0 aromatic heterocycles. The third kappa shape index (κ3) is 5.08. The Bertz CT molecular complexity index is 1150. The number of hydrogen-bond donors (Lipinski definition) is 2. The van der Waals surface area contributed by atoms with Crippen LogP contribution in [0.1, 0.15) is 45.9 Å². The lowest BCUT2D eigenvalue weighted by atomic mass is 9.74. The Hall–Kier alpha value is -2.56. The first kappa shape index (κ1) is 26.1. The smallest absolute Gasteiger partial charge is 0.405 e. The van der Waals surface area contributed by atoms with E-state index in [4.69, 9.17) is 39.9 Å². The summed E-state index contributed by atoms with van der Waals surface area (Å²) >= 11 is 17.6. The first-order valence-electron chi connectivity index (χ1n) is 9.74. The number of carbonyl (C=O) groups excluding carboxylic acids is 1. The molecule has 7 nitrogen and oxygen atoms in total. The number of hydrogen-bond acceptors (Lipinski definition) is 4. The molecule has 1 aliphatic carbocycles. The van der Waals surface area contributed by atoms with Gasteiger partial charge >= 0.3 is 12.3 Å². The van der Waals surface area contributed by atoms with E-state index in [1.54, 1.807) is 0 Å². The number of nitrogens with zero attached hydrogens (tertiary/aromatic N) is 1. The van der Waals surface area contributed by atoms with Crippen LogP contribution >= 0.6 is 34.8 Å². The van der Waals surface area contributed by atoms with Gasteiger partial charge in [0.05, 0.1) is 21.1 Å². The Morgan fingerprint density at radius 3 is 2.29 bits per heavy atom. The molecule has 2 aromatic rings. The van der Waals surface area contributed by atoms with Gasteiger partial charge in [-0.2, -0.15) is 13.2 Å². The van der Waals surface area contributed by atoms with Crippen molar-refractivity contribution in [3.8, 4) is 0 Å². The molecule has 0 fully saturated rings. The molecule has 2 atom stereocenters. The third-order valence-electron chi connectivity index (χ3n) is 5.78. The van der Waals surface area contributed by atoms with Crippen molar-refractivity contribution in [2.45, 2.75) is 36.9 Å². The highest BCUT2D eigenvalue weighted by Gasteiger charge is 2.61. The number of alkyl halides is 3. The number of halogens is 6. The van der Waals surface area contributed by atoms with Crippen molar-refractivity contribution < 1.29 is 32.8 Å². The Balaban J connectivity index is 2.05. The van der Waals surface area contributed by atoms with Crippen molar-refractivity contribution in [2.75, 3.05) is 6.54 Å². The van der Waals surface area contributed by atoms with Crippen LogP contribution in [0.3, 0.4) is 0 Å². The molecule has 2 N–H and O–H groups in total. The monoisotopic (exact) mass is 538 g/mol. The zero-order valence-electron chi connectivity index (χ0n) is 17.1. The summed E-state index contributed by atoms with van der Waals surface area (Å²) in [6.45, 7) is -1.63. The van der Waals surface area contributed by atoms with Gasteiger partial charge in [-0.3, -0.25) is 14.9 Å². The average molecular weight is 540 g/mol. The largest absolute Gasteiger partial charge is 0.465 e. The second-order valence-electron chi connectivity index (χ2n) is 7.88. The van der Waals surface area contributed by atoms with Gasteiger partial charge < -0.3 is 10.4 Å². The SMILES string of the molecule is O=C(O)NC1CCc2cc(C(=O)CC(C[N+](=O)[O-])(c3cc(Cl)c(Cl)c(Cl)c3)C(F)(F)F)ccc21. The number of carboxylic acid groups (broad SMARTS) is 1. The molecule has 182 valence electrons. The van der Waals surface area contributed by atoms with Gasteiger partial charge in [-0.1, -0.05) is 46.9 Å². The molecule has 13 heteroatoms. The summed E-state index contributed by atoms with van der Waals surface area (Å²) in [5, 5.41) is 21.7. The van der Waals surface area contributed by atoms with Gasteiger partial charge in [0.15, 0.2) is 11.2 Å². The van der Waals surface area contributed by atoms with Crippen molar-refractivity contribution in [1.29, 1.82) is 0 Å². The molecule has 0 saturated heterocycles. The molecule has 3 rings (SSSR count). The second kappa shape index (κ2) is 9.59. The predicted octanol–water partition coefficient (Wildman–Crippen LogP) is 6.25. The van der Waals surface area contributed by atoms with E-state index < -0.39 is 53.0 Å². The van der Waals surface area contributed by atoms with Gasteiger partial charge in [-0.15, -0.1) is 0 Å². The molecule has 1 aliphatic rings. The minimum atomic E-state index is -5.22. The van der Waals surface area contributed by atoms with Crippen molar-refractivity contribution in [3.63, 3.8) is 0 Å². The number of Topliss-reactive ketones (excluding diaryl/α,β-unsaturated/α-hetero) is 1. The maximum atomic E-state index is 14.4. The van der Waals surface area contributed by atoms with Crippen LogP contribution in [0.25, 0.3) is 0 Å². The topological polar surface area (TPSA) is 110 Å². The average Bonchev–Trinajstić information content (AvgIpc) is 3.11. The van der Waals surface area contributed by atoms with Crippen LogP contribution in [0.15, 0.2) is 30.3 Å². The van der Waals surface area contributed by atoms with Gasteiger partial charge in [0.1, 0.15) is 0 Å². The number of nitro groups is 1. The van der Waals surface area contributed by atoms with E-state index in [1.807, 2.05) is 0 Å². The molecule has 0 bridgehead atoms. The minimum absolute atomic E-state index is 0.0853. The van der Waals surface area contributed by atoms with Crippen molar-refractivity contribution >= 4 is 46.7 Å². The van der Waals surface area contributed by atoms with E-state index in [0.717, 1.165) is 12.1 Å². The lowest BCUT2D eigenvalue weighted by Crippen LogP contribution is -2.49. The fraction of sp³-hybridized carbons (Fsp3) is 0.333. The Morgan fingerprint density at radius 2 is 1.76 bits per heavy atom. The van der Waals surface area contributed by atoms with Crippen LogP contribution in [-0.2, 0) is 11.8 Å². The number of benzene rings is 2. The van der Waals surface area contributed by atoms with Crippen molar-refractivity contribution in [1.82, 2.24) is 5.32 Å². The quantitative estimate of drug-likeness (QED) is 0.187. The zero-order valence-corrected chi connectivity index (χ0v) is 19.4. The number of amides is 1. The van der Waals surface area contributed by atoms with Crippen LogP contribution in [0.2, 0.25) is 15.1 Å². The summed E-state index contributed by atoms with van der Waals surface area (Å²) in [6.07, 6.45) is -6.89. The molecule has 2 unspecified atom stereocenters. The van der Waals surface area contributed by atoms with Gasteiger partial charge in [-0.05, 0) is 47.7 Å². The van der Waals surface area contributed by atoms with Crippen LogP contribution in [0, 0.1) is 10.1 Å². The number of nitrogens with one attached hydrogen (secondary N) is 1. The summed E-state index contributed by atoms with van der Waals surface area (Å²) in [6, 6.07) is 5.28. The van der Waals surface area contributed by atoms with E-state index in [2.05, 4.69) is 5.32 Å². The highest BCUT2D eigenvalue weighted by molar-refractivity contribution is 6.48. The van der Waals surface area contributed by atoms with Crippen molar-refractivity contribution in [3.05, 3.63) is 77.8 Å². The number of fused-ring (bicyclic) bond motifs is 1. The van der Waals surface area contributed by atoms with Crippen LogP contribution in [-0.4, -0.2) is 34.6 Å². The van der Waals surface area contributed by atoms with E-state index >= 15 is 0 Å². The molecule has 2 aromatic carbocycles. The Morgan fingerprint density at radius 1 is 1.15 bits per heavy atom. The van der Waals surface area contributed by atoms with Crippen LogP contribution in [0.4, 0.5) is 18.0 Å². The van der Waals surface area contributed by atoms with Gasteiger partial charge in [0.25, 0.3) is 0 Å². The number of aryl methyl sites for hydroxylation is 1. The standard InChI is InChI=1S/C21H16Cl3F3N2O5/c22-14-6-12(7-15(23)18(14)24)20(9-29(33)34,21(25,26)27)8-17(30)11-1-3-13-10(5-11)2-4-16(13)28-19(31)32/h1,3,5-7,16,28H,2,4,8-9H2,(H,31,32). The Kier molecular flexibility index (Phi) is 7.35. The predicted molar refractivity (Wildman–Crippen MR) is 119 cm³/mol. The molecule has 0 radical (unpaired) electrons. The summed E-state index contributed by atoms with van der Waals surface area (Å²) in [4.78, 5) is 34.1. The molecule has 0 heterocycles. The highest BCUT2D eigenvalue weighted by Crippen LogP contribution is 2.47. The van der Waals surface area contributed by atoms with Crippen LogP contribution in [0.5, 0.6) is 0 Å². The fourth-order valence-corrected chi connectivity index (χ4v) is 4.72. The number of rotatable bonds is 7. The maximum absolute atomic E-state index is 14.4. The molecular weight excluding hydrogens is 524 g/mol. The summed E-state index contributed by atoms with van der Waals surface area (Å²) in [5.74, 6) is -0.987. The van der Waals surface area contributed by atoms with E-state index in [0.29, 0.717) is 24.0 Å². The minimum Gasteiger partial charge on any atom is -0.465 e. The molecule has 1 amide bonds. The Labute approximate surface area is 205 Å². The highest BCUT2D eigenvalue weighted by atomic mass is 35.5. The fourth-order valence-electron chi connectivity index (χ4n) is 4.12.